The maximum atomic E-state index is 12.5. The summed E-state index contributed by atoms with van der Waals surface area (Å²) in [5.74, 6) is -0.492. The number of nitrogens with one attached hydrogen (secondary N) is 1. The zero-order valence-electron chi connectivity index (χ0n) is 12.9. The third-order valence-corrected chi connectivity index (χ3v) is 5.07. The van der Waals surface area contributed by atoms with Gasteiger partial charge in [-0.15, -0.1) is 0 Å². The van der Waals surface area contributed by atoms with E-state index in [1.807, 2.05) is 0 Å². The van der Waals surface area contributed by atoms with Gasteiger partial charge < -0.3 is 0 Å². The van der Waals surface area contributed by atoms with Gasteiger partial charge in [-0.25, -0.2) is 13.1 Å². The predicted molar refractivity (Wildman–Crippen MR) is 92.1 cm³/mol. The molecule has 2 aromatic carbocycles. The van der Waals surface area contributed by atoms with Crippen molar-refractivity contribution in [1.82, 2.24) is 4.72 Å². The molecule has 4 nitrogen and oxygen atoms in total. The molecule has 2 aromatic rings. The van der Waals surface area contributed by atoms with Crippen molar-refractivity contribution in [3.63, 3.8) is 0 Å². The molecule has 122 valence electrons. The second kappa shape index (κ2) is 6.83. The molecule has 0 bridgehead atoms. The summed E-state index contributed by atoms with van der Waals surface area (Å²) in [4.78, 5) is 12.5. The normalized spacial score (nSPS) is 12.1. The quantitative estimate of drug-likeness (QED) is 0.811. The molecular formula is C17H18ClNO3S. The van der Waals surface area contributed by atoms with Crippen LogP contribution < -0.4 is 4.72 Å². The Morgan fingerprint density at radius 2 is 1.61 bits per heavy atom. The van der Waals surface area contributed by atoms with Gasteiger partial charge in [-0.2, -0.15) is 0 Å². The number of sulfonamides is 1. The molecule has 2 rings (SSSR count). The third kappa shape index (κ3) is 4.89. The highest BCUT2D eigenvalue weighted by atomic mass is 35.5. The first-order valence-electron chi connectivity index (χ1n) is 7.05. The molecule has 0 aliphatic heterocycles. The number of carbonyl (C=O) groups is 1. The maximum Gasteiger partial charge on any atom is 0.216 e. The number of benzene rings is 2. The molecule has 0 heterocycles. The lowest BCUT2D eigenvalue weighted by Gasteiger charge is -2.24. The Hall–Kier alpha value is -1.69. The van der Waals surface area contributed by atoms with E-state index in [-0.39, 0.29) is 11.5 Å². The Kier molecular flexibility index (Phi) is 5.24. The molecule has 1 N–H and O–H groups in total. The SMILES string of the molecule is CC(C)(NS(=O)(=O)Cc1ccc(Cl)cc1)C(=O)c1ccccc1. The van der Waals surface area contributed by atoms with Crippen LogP contribution in [0, 0.1) is 0 Å². The summed E-state index contributed by atoms with van der Waals surface area (Å²) in [6, 6.07) is 15.2. The van der Waals surface area contributed by atoms with Gasteiger partial charge in [0.15, 0.2) is 5.78 Å². The van der Waals surface area contributed by atoms with Crippen molar-refractivity contribution in [2.75, 3.05) is 0 Å². The number of halogens is 1. The molecule has 0 aliphatic carbocycles. The van der Waals surface area contributed by atoms with Crippen LogP contribution in [0.4, 0.5) is 0 Å². The molecule has 0 spiro atoms. The minimum atomic E-state index is -3.67. The summed E-state index contributed by atoms with van der Waals surface area (Å²) in [7, 11) is -3.67. The van der Waals surface area contributed by atoms with Crippen molar-refractivity contribution in [1.29, 1.82) is 0 Å². The van der Waals surface area contributed by atoms with E-state index >= 15 is 0 Å². The maximum absolute atomic E-state index is 12.5. The van der Waals surface area contributed by atoms with E-state index in [1.54, 1.807) is 68.4 Å². The van der Waals surface area contributed by atoms with E-state index in [4.69, 9.17) is 11.6 Å². The van der Waals surface area contributed by atoms with Crippen LogP contribution in [-0.2, 0) is 15.8 Å². The zero-order chi connectivity index (χ0) is 17.1. The summed E-state index contributed by atoms with van der Waals surface area (Å²) in [6.45, 7) is 3.11. The average Bonchev–Trinajstić information content (AvgIpc) is 2.48. The van der Waals surface area contributed by atoms with Gasteiger partial charge in [0, 0.05) is 10.6 Å². The first-order valence-corrected chi connectivity index (χ1v) is 9.09. The molecule has 0 amide bonds. The van der Waals surface area contributed by atoms with E-state index in [0.29, 0.717) is 16.1 Å². The lowest BCUT2D eigenvalue weighted by Crippen LogP contribution is -2.49. The first kappa shape index (κ1) is 17.7. The predicted octanol–water partition coefficient (Wildman–Crippen LogP) is 3.42. The van der Waals surface area contributed by atoms with Crippen molar-refractivity contribution >= 4 is 27.4 Å². The van der Waals surface area contributed by atoms with Crippen LogP contribution in [0.5, 0.6) is 0 Å². The van der Waals surface area contributed by atoms with Gasteiger partial charge in [0.05, 0.1) is 11.3 Å². The highest BCUT2D eigenvalue weighted by Crippen LogP contribution is 2.17. The number of ketones is 1. The van der Waals surface area contributed by atoms with Gasteiger partial charge in [-0.05, 0) is 31.5 Å². The van der Waals surface area contributed by atoms with Gasteiger partial charge in [-0.1, -0.05) is 54.1 Å². The van der Waals surface area contributed by atoms with Gasteiger partial charge in [0.2, 0.25) is 10.0 Å². The van der Waals surface area contributed by atoms with E-state index in [9.17, 15) is 13.2 Å². The highest BCUT2D eigenvalue weighted by Gasteiger charge is 2.33. The molecule has 0 saturated heterocycles. The van der Waals surface area contributed by atoms with Crippen LogP contribution in [0.3, 0.4) is 0 Å². The number of hydrogen-bond donors (Lipinski definition) is 1. The summed E-state index contributed by atoms with van der Waals surface area (Å²) in [6.07, 6.45) is 0. The Balaban J connectivity index is 2.15. The van der Waals surface area contributed by atoms with Crippen LogP contribution >= 0.6 is 11.6 Å². The fourth-order valence-electron chi connectivity index (χ4n) is 2.22. The Morgan fingerprint density at radius 1 is 1.04 bits per heavy atom. The number of hydrogen-bond acceptors (Lipinski definition) is 3. The topological polar surface area (TPSA) is 63.2 Å². The third-order valence-electron chi connectivity index (χ3n) is 3.28. The number of Topliss-reactive ketones (excluding diaryl/α,β-unsaturated/α-hetero) is 1. The summed E-state index contributed by atoms with van der Waals surface area (Å²) in [5.41, 5.74) is -0.163. The second-order valence-corrected chi connectivity index (χ2v) is 7.97. The molecule has 0 aliphatic rings. The summed E-state index contributed by atoms with van der Waals surface area (Å²) < 4.78 is 27.2. The molecule has 23 heavy (non-hydrogen) atoms. The van der Waals surface area contributed by atoms with E-state index in [1.165, 1.54) is 0 Å². The van der Waals surface area contributed by atoms with Crippen LogP contribution in [0.1, 0.15) is 29.8 Å². The Morgan fingerprint density at radius 3 is 2.17 bits per heavy atom. The number of carbonyl (C=O) groups excluding carboxylic acids is 1. The minimum Gasteiger partial charge on any atom is -0.292 e. The van der Waals surface area contributed by atoms with Gasteiger partial charge in [0.1, 0.15) is 0 Å². The highest BCUT2D eigenvalue weighted by molar-refractivity contribution is 7.88. The van der Waals surface area contributed by atoms with Crippen molar-refractivity contribution < 1.29 is 13.2 Å². The average molecular weight is 352 g/mol. The molecule has 0 fully saturated rings. The molecule has 0 aromatic heterocycles. The van der Waals surface area contributed by atoms with Crippen LogP contribution in [0.25, 0.3) is 0 Å². The standard InChI is InChI=1S/C17H18ClNO3S/c1-17(2,16(20)14-6-4-3-5-7-14)19-23(21,22)12-13-8-10-15(18)11-9-13/h3-11,19H,12H2,1-2H3. The summed E-state index contributed by atoms with van der Waals surface area (Å²) >= 11 is 5.79. The fraction of sp³-hybridized carbons (Fsp3) is 0.235. The largest absolute Gasteiger partial charge is 0.292 e. The number of rotatable bonds is 6. The van der Waals surface area contributed by atoms with Crippen LogP contribution in [0.2, 0.25) is 5.02 Å². The van der Waals surface area contributed by atoms with E-state index in [0.717, 1.165) is 0 Å². The Labute approximate surface area is 141 Å². The fourth-order valence-corrected chi connectivity index (χ4v) is 3.92. The van der Waals surface area contributed by atoms with Gasteiger partial charge in [-0.3, -0.25) is 4.79 Å². The van der Waals surface area contributed by atoms with Crippen LogP contribution in [-0.4, -0.2) is 19.7 Å². The molecule has 0 radical (unpaired) electrons. The lowest BCUT2D eigenvalue weighted by molar-refractivity contribution is 0.0901. The molecule has 6 heteroatoms. The van der Waals surface area contributed by atoms with Crippen molar-refractivity contribution in [2.45, 2.75) is 25.1 Å². The molecular weight excluding hydrogens is 334 g/mol. The monoisotopic (exact) mass is 351 g/mol. The second-order valence-electron chi connectivity index (χ2n) is 5.81. The molecule has 0 atom stereocenters. The minimum absolute atomic E-state index is 0.213. The van der Waals surface area contributed by atoms with Gasteiger partial charge in [0.25, 0.3) is 0 Å². The molecule has 0 unspecified atom stereocenters. The Bertz CT molecular complexity index is 784. The van der Waals surface area contributed by atoms with Crippen LogP contribution in [0.15, 0.2) is 54.6 Å². The smallest absolute Gasteiger partial charge is 0.216 e. The first-order chi connectivity index (χ1) is 10.7. The zero-order valence-corrected chi connectivity index (χ0v) is 14.5. The van der Waals surface area contributed by atoms with Gasteiger partial charge >= 0.3 is 0 Å². The van der Waals surface area contributed by atoms with E-state index < -0.39 is 15.6 Å². The van der Waals surface area contributed by atoms with Crippen molar-refractivity contribution in [2.24, 2.45) is 0 Å². The van der Waals surface area contributed by atoms with Crippen molar-refractivity contribution in [3.8, 4) is 0 Å². The summed E-state index contributed by atoms with van der Waals surface area (Å²) in [5, 5.41) is 0.540. The van der Waals surface area contributed by atoms with E-state index in [2.05, 4.69) is 4.72 Å². The lowest BCUT2D eigenvalue weighted by atomic mass is 9.94. The molecule has 0 saturated carbocycles. The van der Waals surface area contributed by atoms with Crippen molar-refractivity contribution in [3.05, 3.63) is 70.7 Å².